The Balaban J connectivity index is 1.57. The van der Waals surface area contributed by atoms with Crippen molar-refractivity contribution >= 4 is 0 Å². The van der Waals surface area contributed by atoms with Gasteiger partial charge in [0.25, 0.3) is 0 Å². The zero-order valence-corrected chi connectivity index (χ0v) is 15.2. The predicted molar refractivity (Wildman–Crippen MR) is 97.5 cm³/mol. The Kier molecular flexibility index (Phi) is 3.71. The lowest BCUT2D eigenvalue weighted by Gasteiger charge is -2.36. The van der Waals surface area contributed by atoms with E-state index in [1.165, 1.54) is 22.3 Å². The number of fused-ring (bicyclic) bond motifs is 5. The van der Waals surface area contributed by atoms with E-state index >= 15 is 0 Å². The molecule has 0 fully saturated rings. The Hall–Kier alpha value is -2.40. The van der Waals surface area contributed by atoms with E-state index in [1.807, 2.05) is 0 Å². The van der Waals surface area contributed by atoms with E-state index in [2.05, 4.69) is 29.2 Å². The topological polar surface area (TPSA) is 40.2 Å². The lowest BCUT2D eigenvalue weighted by Crippen LogP contribution is -2.36. The molecule has 1 atom stereocenters. The number of hydrogen-bond acceptors (Lipinski definition) is 5. The monoisotopic (exact) mass is 353 g/mol. The fourth-order valence-electron chi connectivity index (χ4n) is 4.51. The van der Waals surface area contributed by atoms with E-state index in [0.29, 0.717) is 12.8 Å². The van der Waals surface area contributed by atoms with Gasteiger partial charge in [-0.05, 0) is 65.8 Å². The van der Waals surface area contributed by atoms with E-state index in [0.717, 1.165) is 55.4 Å². The van der Waals surface area contributed by atoms with Crippen LogP contribution in [-0.4, -0.2) is 39.0 Å². The summed E-state index contributed by atoms with van der Waals surface area (Å²) >= 11 is 0. The predicted octanol–water partition coefficient (Wildman–Crippen LogP) is 3.13. The zero-order valence-electron chi connectivity index (χ0n) is 15.2. The highest BCUT2D eigenvalue weighted by molar-refractivity contribution is 5.52. The van der Waals surface area contributed by atoms with Crippen molar-refractivity contribution in [3.05, 3.63) is 46.5 Å². The number of methoxy groups -OCH3 is 2. The second-order valence-corrected chi connectivity index (χ2v) is 7.14. The van der Waals surface area contributed by atoms with Gasteiger partial charge in [0.1, 0.15) is 0 Å². The molecule has 2 aromatic rings. The summed E-state index contributed by atoms with van der Waals surface area (Å²) in [5.74, 6) is 3.39. The molecule has 3 aliphatic rings. The highest BCUT2D eigenvalue weighted by atomic mass is 16.7. The maximum absolute atomic E-state index is 5.61. The van der Waals surface area contributed by atoms with Crippen LogP contribution in [0.4, 0.5) is 0 Å². The first-order chi connectivity index (χ1) is 12.8. The van der Waals surface area contributed by atoms with Gasteiger partial charge in [0.05, 0.1) is 14.2 Å². The van der Waals surface area contributed by atoms with Crippen LogP contribution in [0.5, 0.6) is 23.0 Å². The number of nitrogens with zero attached hydrogens (tertiary/aromatic N) is 1. The van der Waals surface area contributed by atoms with Gasteiger partial charge < -0.3 is 18.9 Å². The summed E-state index contributed by atoms with van der Waals surface area (Å²) < 4.78 is 22.2. The minimum atomic E-state index is 0.327. The fraction of sp³-hybridized carbons (Fsp3) is 0.429. The summed E-state index contributed by atoms with van der Waals surface area (Å²) in [6.45, 7) is 2.46. The lowest BCUT2D eigenvalue weighted by molar-refractivity contribution is 0.173. The Morgan fingerprint density at radius 2 is 1.50 bits per heavy atom. The van der Waals surface area contributed by atoms with Crippen LogP contribution in [-0.2, 0) is 19.3 Å². The summed E-state index contributed by atoms with van der Waals surface area (Å²) in [7, 11) is 3.40. The van der Waals surface area contributed by atoms with Crippen molar-refractivity contribution in [3.63, 3.8) is 0 Å². The van der Waals surface area contributed by atoms with Crippen LogP contribution in [0.25, 0.3) is 0 Å². The Labute approximate surface area is 153 Å². The molecule has 136 valence electrons. The summed E-state index contributed by atoms with van der Waals surface area (Å²) in [6, 6.07) is 9.03. The third kappa shape index (κ3) is 2.42. The Morgan fingerprint density at radius 1 is 0.846 bits per heavy atom. The summed E-state index contributed by atoms with van der Waals surface area (Å²) in [5.41, 5.74) is 5.47. The molecule has 2 aromatic carbocycles. The maximum atomic E-state index is 5.61. The van der Waals surface area contributed by atoms with Crippen molar-refractivity contribution < 1.29 is 18.9 Å². The molecule has 5 rings (SSSR count). The Morgan fingerprint density at radius 3 is 2.23 bits per heavy atom. The van der Waals surface area contributed by atoms with Gasteiger partial charge in [-0.2, -0.15) is 0 Å². The van der Waals surface area contributed by atoms with E-state index < -0.39 is 0 Å². The van der Waals surface area contributed by atoms with Crippen LogP contribution < -0.4 is 18.9 Å². The molecule has 0 spiro atoms. The summed E-state index contributed by atoms with van der Waals surface area (Å²) in [4.78, 5) is 2.60. The first-order valence-electron chi connectivity index (χ1n) is 9.17. The van der Waals surface area contributed by atoms with Crippen molar-refractivity contribution in [1.82, 2.24) is 4.90 Å². The first-order valence-corrected chi connectivity index (χ1v) is 9.17. The van der Waals surface area contributed by atoms with Crippen LogP contribution in [0, 0.1) is 0 Å². The highest BCUT2D eigenvalue weighted by Crippen LogP contribution is 2.43. The average molecular weight is 353 g/mol. The van der Waals surface area contributed by atoms with Crippen LogP contribution >= 0.6 is 0 Å². The van der Waals surface area contributed by atoms with E-state index in [-0.39, 0.29) is 0 Å². The second kappa shape index (κ2) is 6.09. The molecule has 1 unspecified atom stereocenters. The van der Waals surface area contributed by atoms with Gasteiger partial charge in [0.15, 0.2) is 23.0 Å². The Bertz CT molecular complexity index is 864. The summed E-state index contributed by atoms with van der Waals surface area (Å²) in [5, 5.41) is 0. The lowest BCUT2D eigenvalue weighted by atomic mass is 9.88. The molecule has 0 bridgehead atoms. The molecular formula is C21H23NO4. The van der Waals surface area contributed by atoms with Gasteiger partial charge >= 0.3 is 0 Å². The van der Waals surface area contributed by atoms with Crippen LogP contribution in [0.3, 0.4) is 0 Å². The van der Waals surface area contributed by atoms with E-state index in [1.54, 1.807) is 14.2 Å². The van der Waals surface area contributed by atoms with Crippen LogP contribution in [0.15, 0.2) is 24.3 Å². The molecule has 0 saturated carbocycles. The molecule has 0 N–H and O–H groups in total. The van der Waals surface area contributed by atoms with Gasteiger partial charge in [-0.3, -0.25) is 4.90 Å². The maximum Gasteiger partial charge on any atom is 0.231 e. The molecule has 0 aliphatic carbocycles. The molecule has 5 heteroatoms. The minimum absolute atomic E-state index is 0.327. The van der Waals surface area contributed by atoms with Crippen LogP contribution in [0.1, 0.15) is 28.3 Å². The number of rotatable bonds is 2. The van der Waals surface area contributed by atoms with Gasteiger partial charge in [-0.25, -0.2) is 0 Å². The molecular weight excluding hydrogens is 330 g/mol. The summed E-state index contributed by atoms with van der Waals surface area (Å²) in [6.07, 6.45) is 3.07. The fourth-order valence-corrected chi connectivity index (χ4v) is 4.51. The van der Waals surface area contributed by atoms with Crippen molar-refractivity contribution in [1.29, 1.82) is 0 Å². The quantitative estimate of drug-likeness (QED) is 0.830. The SMILES string of the molecule is COc1cc2c(cc1OC)C1Cc3cc4c(cc3CCN1CC2)OCO4. The average Bonchev–Trinajstić information content (AvgIpc) is 3.04. The minimum Gasteiger partial charge on any atom is -0.493 e. The number of ether oxygens (including phenoxy) is 4. The van der Waals surface area contributed by atoms with Crippen molar-refractivity contribution in [2.24, 2.45) is 0 Å². The number of hydrogen-bond donors (Lipinski definition) is 0. The standard InChI is InChI=1S/C21H23NO4/c1-23-18-9-14-4-6-22-5-3-13-8-20-21(26-12-25-20)10-15(13)7-17(22)16(14)11-19(18)24-2/h8-11,17H,3-7,12H2,1-2H3. The highest BCUT2D eigenvalue weighted by Gasteiger charge is 2.32. The molecule has 26 heavy (non-hydrogen) atoms. The molecule has 0 radical (unpaired) electrons. The third-order valence-electron chi connectivity index (χ3n) is 5.89. The van der Waals surface area contributed by atoms with Gasteiger partial charge in [-0.15, -0.1) is 0 Å². The van der Waals surface area contributed by atoms with Crippen LogP contribution in [0.2, 0.25) is 0 Å². The normalized spacial score (nSPS) is 20.6. The molecule has 0 amide bonds. The smallest absolute Gasteiger partial charge is 0.231 e. The zero-order chi connectivity index (χ0) is 17.7. The molecule has 0 saturated heterocycles. The molecule has 3 heterocycles. The first kappa shape index (κ1) is 15.8. The number of benzene rings is 2. The van der Waals surface area contributed by atoms with Gasteiger partial charge in [0.2, 0.25) is 6.79 Å². The molecule has 3 aliphatic heterocycles. The van der Waals surface area contributed by atoms with E-state index in [4.69, 9.17) is 18.9 Å². The van der Waals surface area contributed by atoms with Gasteiger partial charge in [-0.1, -0.05) is 0 Å². The van der Waals surface area contributed by atoms with Gasteiger partial charge in [0, 0.05) is 19.1 Å². The second-order valence-electron chi connectivity index (χ2n) is 7.14. The largest absolute Gasteiger partial charge is 0.493 e. The molecule has 5 nitrogen and oxygen atoms in total. The van der Waals surface area contributed by atoms with Crippen molar-refractivity contribution in [2.45, 2.75) is 25.3 Å². The molecule has 0 aromatic heterocycles. The van der Waals surface area contributed by atoms with Crippen molar-refractivity contribution in [2.75, 3.05) is 34.1 Å². The van der Waals surface area contributed by atoms with E-state index in [9.17, 15) is 0 Å². The third-order valence-corrected chi connectivity index (χ3v) is 5.89. The van der Waals surface area contributed by atoms with Crippen molar-refractivity contribution in [3.8, 4) is 23.0 Å².